The van der Waals surface area contributed by atoms with Gasteiger partial charge in [-0.1, -0.05) is 342 Å². The molecule has 0 saturated carbocycles. The second-order valence-corrected chi connectivity index (χ2v) is 29.6. The Morgan fingerprint density at radius 1 is 0.258 bits per heavy atom. The summed E-state index contributed by atoms with van der Waals surface area (Å²) in [5.74, 6) is -2.11. The quantitative estimate of drug-likeness (QED) is 0.0222. The minimum atomic E-state index is -4.95. The molecular weight excluding hydrogens is 1220 g/mol. The van der Waals surface area contributed by atoms with Crippen LogP contribution in [0.3, 0.4) is 0 Å². The summed E-state index contributed by atoms with van der Waals surface area (Å²) in [6.45, 7) is 4.96. The Morgan fingerprint density at radius 3 is 0.634 bits per heavy atom. The van der Waals surface area contributed by atoms with Crippen molar-refractivity contribution in [2.75, 3.05) is 39.6 Å². The smallest absolute Gasteiger partial charge is 0.462 e. The highest BCUT2D eigenvalue weighted by molar-refractivity contribution is 7.47. The molecule has 0 aromatic rings. The Balaban J connectivity index is 5.21. The molecule has 3 N–H and O–H groups in total. The molecule has 0 radical (unpaired) electrons. The Labute approximate surface area is 568 Å². The second kappa shape index (κ2) is 68.6. The second-order valence-electron chi connectivity index (χ2n) is 26.7. The average molecular weight is 1370 g/mol. The maximum Gasteiger partial charge on any atom is 0.472 e. The fourth-order valence-corrected chi connectivity index (χ4v) is 13.0. The first-order valence-corrected chi connectivity index (χ1v) is 41.8. The minimum Gasteiger partial charge on any atom is -0.462 e. The molecule has 5 atom stereocenters. The number of hydrogen-bond acceptors (Lipinski definition) is 15. The van der Waals surface area contributed by atoms with Gasteiger partial charge in [-0.3, -0.25) is 37.3 Å². The van der Waals surface area contributed by atoms with Crippen LogP contribution in [0.15, 0.2) is 0 Å². The number of hydrogen-bond donors (Lipinski definition) is 3. The molecule has 0 aromatic carbocycles. The highest BCUT2D eigenvalue weighted by Gasteiger charge is 2.30. The van der Waals surface area contributed by atoms with Gasteiger partial charge in [0.25, 0.3) is 0 Å². The van der Waals surface area contributed by atoms with Gasteiger partial charge in [0.15, 0.2) is 12.2 Å². The summed E-state index contributed by atoms with van der Waals surface area (Å²) in [6, 6.07) is 0. The SMILES string of the molecule is CCCCCCCCCCCCCCCCCCCC(=O)O[C@H](COC(=O)CCCCCCCCCCCCCCCCC)COP(=O)(O)OC[C@@H](O)COP(=O)(O)OC[C@@H](COC(=O)CCCCCCCCCC)OC(=O)CCCCCCCCCCCCCCC. The standard InChI is InChI=1S/C74H144O17P2/c1-5-9-13-17-21-25-28-31-33-34-36-39-42-45-49-53-57-61-74(79)91-70(65-85-72(77)59-55-51-47-43-40-38-35-32-29-26-22-18-14-10-6-2)67-89-93(82,83)87-63-68(75)62-86-92(80,81)88-66-69(64-84-71(76)58-54-50-46-24-20-16-12-8-4)90-73(78)60-56-52-48-44-41-37-30-27-23-19-15-11-7-3/h68-70,75H,5-67H2,1-4H3,(H,80,81)(H,82,83)/t68-,69+,70+/m0/s1. The normalized spacial score (nSPS) is 13.9. The van der Waals surface area contributed by atoms with Crippen LogP contribution < -0.4 is 0 Å². The summed E-state index contributed by atoms with van der Waals surface area (Å²) in [5.41, 5.74) is 0. The van der Waals surface area contributed by atoms with E-state index < -0.39 is 97.5 Å². The Morgan fingerprint density at radius 2 is 0.430 bits per heavy atom. The number of carbonyl (C=O) groups is 4. The van der Waals surface area contributed by atoms with Gasteiger partial charge in [0, 0.05) is 25.7 Å². The Hall–Kier alpha value is -1.94. The van der Waals surface area contributed by atoms with Crippen LogP contribution >= 0.6 is 15.6 Å². The van der Waals surface area contributed by atoms with Gasteiger partial charge in [0.2, 0.25) is 0 Å². The lowest BCUT2D eigenvalue weighted by Gasteiger charge is -2.21. The number of aliphatic hydroxyl groups is 1. The first kappa shape index (κ1) is 91.1. The summed E-state index contributed by atoms with van der Waals surface area (Å²) >= 11 is 0. The summed E-state index contributed by atoms with van der Waals surface area (Å²) in [7, 11) is -9.90. The summed E-state index contributed by atoms with van der Waals surface area (Å²) in [4.78, 5) is 72.7. The molecule has 0 fully saturated rings. The van der Waals surface area contributed by atoms with E-state index >= 15 is 0 Å². The van der Waals surface area contributed by atoms with E-state index in [0.717, 1.165) is 89.9 Å². The lowest BCUT2D eigenvalue weighted by molar-refractivity contribution is -0.161. The van der Waals surface area contributed by atoms with Crippen molar-refractivity contribution in [1.29, 1.82) is 0 Å². The number of phosphoric acid groups is 2. The molecular formula is C74H144O17P2. The number of phosphoric ester groups is 2. The summed E-state index contributed by atoms with van der Waals surface area (Å²) in [5, 5.41) is 10.6. The lowest BCUT2D eigenvalue weighted by atomic mass is 10.0. The van der Waals surface area contributed by atoms with E-state index in [-0.39, 0.29) is 25.7 Å². The highest BCUT2D eigenvalue weighted by Crippen LogP contribution is 2.45. The highest BCUT2D eigenvalue weighted by atomic mass is 31.2. The van der Waals surface area contributed by atoms with Gasteiger partial charge in [-0.15, -0.1) is 0 Å². The van der Waals surface area contributed by atoms with E-state index in [9.17, 15) is 43.2 Å². The van der Waals surface area contributed by atoms with Crippen LogP contribution in [0.5, 0.6) is 0 Å². The van der Waals surface area contributed by atoms with Crippen molar-refractivity contribution < 1.29 is 80.2 Å². The number of rotatable bonds is 75. The summed E-state index contributed by atoms with van der Waals surface area (Å²) in [6.07, 6.45) is 58.2. The maximum atomic E-state index is 13.1. The van der Waals surface area contributed by atoms with Crippen molar-refractivity contribution in [3.05, 3.63) is 0 Å². The lowest BCUT2D eigenvalue weighted by Crippen LogP contribution is -2.30. The third kappa shape index (κ3) is 68.4. The zero-order valence-electron chi connectivity index (χ0n) is 60.2. The molecule has 0 aromatic heterocycles. The van der Waals surface area contributed by atoms with Crippen LogP contribution in [0.25, 0.3) is 0 Å². The number of carbonyl (C=O) groups excluding carboxylic acids is 4. The third-order valence-electron chi connectivity index (χ3n) is 17.4. The first-order chi connectivity index (χ1) is 45.2. The fourth-order valence-electron chi connectivity index (χ4n) is 11.4. The van der Waals surface area contributed by atoms with E-state index in [1.54, 1.807) is 0 Å². The first-order valence-electron chi connectivity index (χ1n) is 38.8. The van der Waals surface area contributed by atoms with Crippen molar-refractivity contribution in [3.63, 3.8) is 0 Å². The zero-order chi connectivity index (χ0) is 68.2. The Kier molecular flexibility index (Phi) is 67.1. The van der Waals surface area contributed by atoms with E-state index in [1.807, 2.05) is 0 Å². The molecule has 93 heavy (non-hydrogen) atoms. The molecule has 0 heterocycles. The molecule has 0 amide bonds. The third-order valence-corrected chi connectivity index (χ3v) is 19.3. The molecule has 0 bridgehead atoms. The van der Waals surface area contributed by atoms with Crippen molar-refractivity contribution in [2.24, 2.45) is 0 Å². The molecule has 2 unspecified atom stereocenters. The average Bonchev–Trinajstić information content (AvgIpc) is 2.57. The Bertz CT molecular complexity index is 1770. The van der Waals surface area contributed by atoms with E-state index in [0.29, 0.717) is 25.7 Å². The molecule has 0 aliphatic heterocycles. The van der Waals surface area contributed by atoms with Crippen LogP contribution in [0.4, 0.5) is 0 Å². The van der Waals surface area contributed by atoms with Crippen LogP contribution in [0, 0.1) is 0 Å². The molecule has 552 valence electrons. The van der Waals surface area contributed by atoms with Crippen molar-refractivity contribution in [1.82, 2.24) is 0 Å². The van der Waals surface area contributed by atoms with Gasteiger partial charge < -0.3 is 33.8 Å². The molecule has 0 saturated heterocycles. The number of unbranched alkanes of at least 4 members (excludes halogenated alkanes) is 49. The van der Waals surface area contributed by atoms with Crippen molar-refractivity contribution in [2.45, 2.75) is 412 Å². The van der Waals surface area contributed by atoms with Gasteiger partial charge in [0.05, 0.1) is 26.4 Å². The largest absolute Gasteiger partial charge is 0.472 e. The fraction of sp³-hybridized carbons (Fsp3) is 0.946. The predicted octanol–water partition coefficient (Wildman–Crippen LogP) is 21.8. The molecule has 17 nitrogen and oxygen atoms in total. The zero-order valence-corrected chi connectivity index (χ0v) is 62.0. The molecule has 0 spiro atoms. The van der Waals surface area contributed by atoms with Crippen molar-refractivity contribution >= 4 is 39.5 Å². The van der Waals surface area contributed by atoms with Gasteiger partial charge in [-0.25, -0.2) is 9.13 Å². The number of aliphatic hydroxyl groups excluding tert-OH is 1. The number of esters is 4. The van der Waals surface area contributed by atoms with Crippen LogP contribution in [-0.4, -0.2) is 96.7 Å². The number of ether oxygens (including phenoxy) is 4. The van der Waals surface area contributed by atoms with Gasteiger partial charge in [-0.2, -0.15) is 0 Å². The molecule has 0 aliphatic rings. The molecule has 0 rings (SSSR count). The monoisotopic (exact) mass is 1370 g/mol. The van der Waals surface area contributed by atoms with Crippen molar-refractivity contribution in [3.8, 4) is 0 Å². The van der Waals surface area contributed by atoms with E-state index in [4.69, 9.17) is 37.0 Å². The van der Waals surface area contributed by atoms with Gasteiger partial charge >= 0.3 is 39.5 Å². The predicted molar refractivity (Wildman–Crippen MR) is 377 cm³/mol. The molecule has 19 heteroatoms. The van der Waals surface area contributed by atoms with E-state index in [1.165, 1.54) is 225 Å². The topological polar surface area (TPSA) is 237 Å². The van der Waals surface area contributed by atoms with Gasteiger partial charge in [0.1, 0.15) is 19.3 Å². The van der Waals surface area contributed by atoms with Crippen LogP contribution in [0.1, 0.15) is 394 Å². The van der Waals surface area contributed by atoms with Crippen LogP contribution in [-0.2, 0) is 65.4 Å². The van der Waals surface area contributed by atoms with Crippen LogP contribution in [0.2, 0.25) is 0 Å². The minimum absolute atomic E-state index is 0.108. The molecule has 0 aliphatic carbocycles. The maximum absolute atomic E-state index is 13.1. The summed E-state index contributed by atoms with van der Waals surface area (Å²) < 4.78 is 68.4. The van der Waals surface area contributed by atoms with E-state index in [2.05, 4.69) is 27.7 Å². The van der Waals surface area contributed by atoms with Gasteiger partial charge in [-0.05, 0) is 25.7 Å².